The summed E-state index contributed by atoms with van der Waals surface area (Å²) in [5, 5.41) is 0.447. The lowest BCUT2D eigenvalue weighted by molar-refractivity contribution is -0.137. The number of hydrogen-bond acceptors (Lipinski definition) is 1. The zero-order valence-corrected chi connectivity index (χ0v) is 13.4. The van der Waals surface area contributed by atoms with Crippen LogP contribution in [0.15, 0.2) is 18.2 Å². The lowest BCUT2D eigenvalue weighted by Gasteiger charge is -2.34. The molecule has 2 atom stereocenters. The molecule has 1 nitrogen and oxygen atoms in total. The van der Waals surface area contributed by atoms with Crippen molar-refractivity contribution in [1.82, 2.24) is 0 Å². The summed E-state index contributed by atoms with van der Waals surface area (Å²) in [4.78, 5) is 2.02. The van der Waals surface area contributed by atoms with Crippen LogP contribution in [0.4, 0.5) is 18.9 Å². The molecule has 0 spiro atoms. The fourth-order valence-electron chi connectivity index (χ4n) is 3.85. The molecule has 0 radical (unpaired) electrons. The van der Waals surface area contributed by atoms with Crippen molar-refractivity contribution in [3.8, 4) is 0 Å². The summed E-state index contributed by atoms with van der Waals surface area (Å²) in [6.07, 6.45) is 1.30. The highest BCUT2D eigenvalue weighted by Crippen LogP contribution is 2.44. The summed E-state index contributed by atoms with van der Waals surface area (Å²) in [5.74, 6) is 0.579. The standard InChI is InChI=1S/C16H19BrF3N/c17-10-11-5-6-15(13(9-11)16(18,19)20)21-8-7-12-3-1-2-4-14(12)21/h5-6,9,12,14H,1-4,7-8,10H2. The monoisotopic (exact) mass is 361 g/mol. The second-order valence-electron chi connectivity index (χ2n) is 6.08. The van der Waals surface area contributed by atoms with Crippen molar-refractivity contribution in [2.45, 2.75) is 49.7 Å². The molecule has 116 valence electrons. The van der Waals surface area contributed by atoms with Gasteiger partial charge in [-0.05, 0) is 42.9 Å². The van der Waals surface area contributed by atoms with Crippen LogP contribution < -0.4 is 4.90 Å². The van der Waals surface area contributed by atoms with Gasteiger partial charge in [0.2, 0.25) is 0 Å². The second kappa shape index (κ2) is 5.82. The number of hydrogen-bond donors (Lipinski definition) is 0. The van der Waals surface area contributed by atoms with Gasteiger partial charge in [0, 0.05) is 23.6 Å². The van der Waals surface area contributed by atoms with Gasteiger partial charge in [0.05, 0.1) is 5.56 Å². The van der Waals surface area contributed by atoms with Gasteiger partial charge in [-0.25, -0.2) is 0 Å². The van der Waals surface area contributed by atoms with Gasteiger partial charge in [0.15, 0.2) is 0 Å². The Balaban J connectivity index is 1.98. The van der Waals surface area contributed by atoms with Crippen molar-refractivity contribution in [2.75, 3.05) is 11.4 Å². The van der Waals surface area contributed by atoms with Crippen LogP contribution in [0, 0.1) is 5.92 Å². The van der Waals surface area contributed by atoms with Gasteiger partial charge >= 0.3 is 6.18 Å². The van der Waals surface area contributed by atoms with Crippen LogP contribution in [0.25, 0.3) is 0 Å². The van der Waals surface area contributed by atoms with E-state index in [-0.39, 0.29) is 0 Å². The Hall–Kier alpha value is -0.710. The highest BCUT2D eigenvalue weighted by atomic mass is 79.9. The quantitative estimate of drug-likeness (QED) is 0.640. The van der Waals surface area contributed by atoms with Crippen LogP contribution in [0.1, 0.15) is 43.2 Å². The Morgan fingerprint density at radius 3 is 2.62 bits per heavy atom. The van der Waals surface area contributed by atoms with E-state index in [0.717, 1.165) is 25.8 Å². The van der Waals surface area contributed by atoms with E-state index in [9.17, 15) is 13.2 Å². The van der Waals surface area contributed by atoms with Crippen molar-refractivity contribution in [2.24, 2.45) is 5.92 Å². The largest absolute Gasteiger partial charge is 0.418 e. The summed E-state index contributed by atoms with van der Waals surface area (Å²) >= 11 is 3.24. The van der Waals surface area contributed by atoms with Crippen LogP contribution in [-0.4, -0.2) is 12.6 Å². The summed E-state index contributed by atoms with van der Waals surface area (Å²) in [6.45, 7) is 0.756. The number of anilines is 1. The molecule has 1 aliphatic carbocycles. The average Bonchev–Trinajstić information content (AvgIpc) is 2.89. The third-order valence-electron chi connectivity index (χ3n) is 4.84. The highest BCUT2D eigenvalue weighted by Gasteiger charge is 2.41. The zero-order chi connectivity index (χ0) is 15.0. The Kier molecular flexibility index (Phi) is 4.21. The third kappa shape index (κ3) is 2.94. The molecule has 3 rings (SSSR count). The van der Waals surface area contributed by atoms with Crippen LogP contribution in [0.2, 0.25) is 0 Å². The van der Waals surface area contributed by atoms with Gasteiger partial charge in [-0.1, -0.05) is 34.8 Å². The molecule has 1 aliphatic heterocycles. The predicted octanol–water partition coefficient (Wildman–Crippen LogP) is 5.37. The van der Waals surface area contributed by atoms with Crippen molar-refractivity contribution in [1.29, 1.82) is 0 Å². The number of alkyl halides is 4. The smallest absolute Gasteiger partial charge is 0.368 e. The summed E-state index contributed by atoms with van der Waals surface area (Å²) in [6, 6.07) is 5.06. The third-order valence-corrected chi connectivity index (χ3v) is 5.49. The minimum absolute atomic E-state index is 0.301. The van der Waals surface area contributed by atoms with E-state index >= 15 is 0 Å². The molecular formula is C16H19BrF3N. The van der Waals surface area contributed by atoms with Crippen LogP contribution >= 0.6 is 15.9 Å². The molecule has 2 unspecified atom stereocenters. The lowest BCUT2D eigenvalue weighted by Crippen LogP contribution is -2.36. The van der Waals surface area contributed by atoms with Crippen LogP contribution in [-0.2, 0) is 11.5 Å². The Bertz CT molecular complexity index is 515. The molecule has 1 aromatic rings. The number of halogens is 4. The molecule has 0 N–H and O–H groups in total. The Morgan fingerprint density at radius 2 is 1.90 bits per heavy atom. The number of fused-ring (bicyclic) bond motifs is 1. The fourth-order valence-corrected chi connectivity index (χ4v) is 4.20. The first kappa shape index (κ1) is 15.2. The first-order valence-corrected chi connectivity index (χ1v) is 8.65. The van der Waals surface area contributed by atoms with E-state index in [2.05, 4.69) is 15.9 Å². The molecule has 1 heterocycles. The Morgan fingerprint density at radius 1 is 1.14 bits per heavy atom. The molecule has 5 heteroatoms. The van der Waals surface area contributed by atoms with Crippen LogP contribution in [0.3, 0.4) is 0 Å². The van der Waals surface area contributed by atoms with E-state index in [1.54, 1.807) is 12.1 Å². The average molecular weight is 362 g/mol. The summed E-state index contributed by atoms with van der Waals surface area (Å²) in [5.41, 5.74) is 0.567. The first-order valence-electron chi connectivity index (χ1n) is 7.53. The van der Waals surface area contributed by atoms with Crippen LogP contribution in [0.5, 0.6) is 0 Å². The van der Waals surface area contributed by atoms with Gasteiger partial charge in [0.25, 0.3) is 0 Å². The summed E-state index contributed by atoms with van der Waals surface area (Å²) < 4.78 is 40.2. The van der Waals surface area contributed by atoms with Gasteiger partial charge in [-0.15, -0.1) is 0 Å². The molecule has 0 amide bonds. The Labute approximate surface area is 131 Å². The van der Waals surface area contributed by atoms with Crippen molar-refractivity contribution in [3.63, 3.8) is 0 Å². The molecule has 2 fully saturated rings. The predicted molar refractivity (Wildman–Crippen MR) is 81.8 cm³/mol. The maximum Gasteiger partial charge on any atom is 0.418 e. The van der Waals surface area contributed by atoms with Gasteiger partial charge in [-0.3, -0.25) is 0 Å². The van der Waals surface area contributed by atoms with Gasteiger partial charge in [-0.2, -0.15) is 13.2 Å². The van der Waals surface area contributed by atoms with Gasteiger partial charge < -0.3 is 4.90 Å². The van der Waals surface area contributed by atoms with E-state index in [0.29, 0.717) is 28.5 Å². The number of benzene rings is 1. The topological polar surface area (TPSA) is 3.24 Å². The SMILES string of the molecule is FC(F)(F)c1cc(CBr)ccc1N1CCC2CCCCC21. The zero-order valence-electron chi connectivity index (χ0n) is 11.8. The number of rotatable bonds is 2. The van der Waals surface area contributed by atoms with E-state index < -0.39 is 11.7 Å². The maximum atomic E-state index is 13.4. The maximum absolute atomic E-state index is 13.4. The molecule has 2 aliphatic rings. The molecule has 1 saturated carbocycles. The van der Waals surface area contributed by atoms with Gasteiger partial charge in [0.1, 0.15) is 0 Å². The van der Waals surface area contributed by atoms with E-state index in [4.69, 9.17) is 0 Å². The summed E-state index contributed by atoms with van der Waals surface area (Å²) in [7, 11) is 0. The van der Waals surface area contributed by atoms with Crippen molar-refractivity contribution >= 4 is 21.6 Å². The van der Waals surface area contributed by atoms with E-state index in [1.165, 1.54) is 18.9 Å². The molecule has 1 saturated heterocycles. The van der Waals surface area contributed by atoms with Crippen molar-refractivity contribution < 1.29 is 13.2 Å². The molecule has 1 aromatic carbocycles. The fraction of sp³-hybridized carbons (Fsp3) is 0.625. The molecular weight excluding hydrogens is 343 g/mol. The molecule has 0 bridgehead atoms. The highest BCUT2D eigenvalue weighted by molar-refractivity contribution is 9.08. The lowest BCUT2D eigenvalue weighted by atomic mass is 9.85. The minimum Gasteiger partial charge on any atom is -0.368 e. The molecule has 0 aromatic heterocycles. The minimum atomic E-state index is -4.29. The number of nitrogens with zero attached hydrogens (tertiary/aromatic N) is 1. The second-order valence-corrected chi connectivity index (χ2v) is 6.64. The normalized spacial score (nSPS) is 26.0. The van der Waals surface area contributed by atoms with E-state index in [1.807, 2.05) is 4.90 Å². The molecule has 21 heavy (non-hydrogen) atoms. The van der Waals surface area contributed by atoms with Crippen molar-refractivity contribution in [3.05, 3.63) is 29.3 Å². The first-order chi connectivity index (χ1) is 10.0.